The van der Waals surface area contributed by atoms with Crippen LogP contribution < -0.4 is 10.5 Å². The Hall–Kier alpha value is -2.15. The van der Waals surface area contributed by atoms with E-state index in [-0.39, 0.29) is 18.0 Å². The van der Waals surface area contributed by atoms with Gasteiger partial charge in [0.25, 0.3) is 0 Å². The Morgan fingerprint density at radius 3 is 2.71 bits per heavy atom. The van der Waals surface area contributed by atoms with Crippen LogP contribution in [-0.2, 0) is 9.53 Å². The van der Waals surface area contributed by atoms with E-state index in [1.54, 1.807) is 19.1 Å². The number of rotatable bonds is 7. The topological polar surface area (TPSA) is 105 Å². The lowest BCUT2D eigenvalue weighted by Crippen LogP contribution is -2.45. The third kappa shape index (κ3) is 4.71. The normalized spacial score (nSPS) is 13.3. The van der Waals surface area contributed by atoms with Crippen molar-refractivity contribution in [1.82, 2.24) is 0 Å². The fraction of sp³-hybridized carbons (Fsp3) is 0.500. The minimum absolute atomic E-state index is 0.0796. The van der Waals surface area contributed by atoms with E-state index < -0.39 is 16.4 Å². The quantitative estimate of drug-likeness (QED) is 0.357. The highest BCUT2D eigenvalue weighted by Gasteiger charge is 2.28. The van der Waals surface area contributed by atoms with Crippen molar-refractivity contribution in [2.24, 2.45) is 5.73 Å². The largest absolute Gasteiger partial charge is 0.487 e. The molecule has 0 saturated heterocycles. The highest BCUT2D eigenvalue weighted by molar-refractivity contribution is 5.79. The van der Waals surface area contributed by atoms with Crippen LogP contribution in [0.25, 0.3) is 0 Å². The molecule has 2 N–H and O–H groups in total. The molecule has 21 heavy (non-hydrogen) atoms. The number of methoxy groups -OCH3 is 1. The third-order valence-corrected chi connectivity index (χ3v) is 3.06. The van der Waals surface area contributed by atoms with Crippen molar-refractivity contribution < 1.29 is 19.2 Å². The maximum absolute atomic E-state index is 11.4. The molecule has 0 aromatic heterocycles. The van der Waals surface area contributed by atoms with Gasteiger partial charge in [0.2, 0.25) is 0 Å². The molecule has 1 atom stereocenters. The van der Waals surface area contributed by atoms with Gasteiger partial charge in [-0.25, -0.2) is 0 Å². The van der Waals surface area contributed by atoms with Crippen molar-refractivity contribution in [2.75, 3.05) is 13.7 Å². The maximum atomic E-state index is 11.4. The number of carbonyl (C=O) groups is 1. The first-order valence-corrected chi connectivity index (χ1v) is 6.53. The molecule has 1 unspecified atom stereocenters. The summed E-state index contributed by atoms with van der Waals surface area (Å²) in [5.74, 6) is -0.277. The molecular weight excluding hydrogens is 276 g/mol. The van der Waals surface area contributed by atoms with Crippen LogP contribution >= 0.6 is 0 Å². The van der Waals surface area contributed by atoms with Crippen molar-refractivity contribution in [1.29, 1.82) is 0 Å². The monoisotopic (exact) mass is 296 g/mol. The van der Waals surface area contributed by atoms with Crippen LogP contribution in [-0.4, -0.2) is 30.1 Å². The molecule has 0 fully saturated rings. The SMILES string of the molecule is COC(=O)C(C)(N)CCCOc1cc(C)ccc1[N+](=O)[O-]. The summed E-state index contributed by atoms with van der Waals surface area (Å²) in [6.45, 7) is 3.63. The van der Waals surface area contributed by atoms with Crippen molar-refractivity contribution in [3.63, 3.8) is 0 Å². The van der Waals surface area contributed by atoms with Crippen molar-refractivity contribution >= 4 is 11.7 Å². The molecule has 1 rings (SSSR count). The Labute approximate surface area is 123 Å². The summed E-state index contributed by atoms with van der Waals surface area (Å²) in [6.07, 6.45) is 0.840. The minimum Gasteiger partial charge on any atom is -0.487 e. The average Bonchev–Trinajstić information content (AvgIpc) is 2.42. The van der Waals surface area contributed by atoms with E-state index in [2.05, 4.69) is 4.74 Å². The second kappa shape index (κ2) is 7.03. The Morgan fingerprint density at radius 1 is 1.48 bits per heavy atom. The van der Waals surface area contributed by atoms with Crippen LogP contribution in [0.3, 0.4) is 0 Å². The van der Waals surface area contributed by atoms with Gasteiger partial charge in [0.05, 0.1) is 18.6 Å². The Balaban J connectivity index is 2.59. The Kier molecular flexibility index (Phi) is 5.66. The number of aryl methyl sites for hydroxylation is 1. The molecule has 0 amide bonds. The first-order chi connectivity index (χ1) is 9.77. The summed E-state index contributed by atoms with van der Waals surface area (Å²) in [7, 11) is 1.28. The van der Waals surface area contributed by atoms with Gasteiger partial charge in [0.15, 0.2) is 5.75 Å². The third-order valence-electron chi connectivity index (χ3n) is 3.06. The summed E-state index contributed by atoms with van der Waals surface area (Å²) in [5, 5.41) is 10.9. The number of nitro benzene ring substituents is 1. The van der Waals surface area contributed by atoms with Gasteiger partial charge in [0, 0.05) is 6.07 Å². The lowest BCUT2D eigenvalue weighted by Gasteiger charge is -2.21. The van der Waals surface area contributed by atoms with Crippen LogP contribution in [0.4, 0.5) is 5.69 Å². The van der Waals surface area contributed by atoms with Crippen LogP contribution in [0, 0.1) is 17.0 Å². The Bertz CT molecular complexity index is 528. The Morgan fingerprint density at radius 2 is 2.14 bits per heavy atom. The van der Waals surface area contributed by atoms with E-state index in [9.17, 15) is 14.9 Å². The highest BCUT2D eigenvalue weighted by Crippen LogP contribution is 2.28. The fourth-order valence-corrected chi connectivity index (χ4v) is 1.84. The van der Waals surface area contributed by atoms with E-state index in [1.165, 1.54) is 13.2 Å². The molecule has 1 aromatic rings. The highest BCUT2D eigenvalue weighted by atomic mass is 16.6. The van der Waals surface area contributed by atoms with E-state index >= 15 is 0 Å². The summed E-state index contributed by atoms with van der Waals surface area (Å²) < 4.78 is 10.0. The van der Waals surface area contributed by atoms with Crippen molar-refractivity contribution in [3.05, 3.63) is 33.9 Å². The number of hydrogen-bond donors (Lipinski definition) is 1. The van der Waals surface area contributed by atoms with Crippen molar-refractivity contribution in [3.8, 4) is 5.75 Å². The van der Waals surface area contributed by atoms with Gasteiger partial charge in [-0.2, -0.15) is 0 Å². The predicted octanol–water partition coefficient (Wildman–Crippen LogP) is 1.95. The van der Waals surface area contributed by atoms with E-state index in [4.69, 9.17) is 10.5 Å². The molecule has 0 aliphatic rings. The summed E-state index contributed by atoms with van der Waals surface area (Å²) in [6, 6.07) is 4.67. The van der Waals surface area contributed by atoms with Gasteiger partial charge in [-0.1, -0.05) is 6.07 Å². The first-order valence-electron chi connectivity index (χ1n) is 6.53. The second-order valence-corrected chi connectivity index (χ2v) is 5.09. The number of nitro groups is 1. The molecule has 0 aliphatic heterocycles. The van der Waals surface area contributed by atoms with Gasteiger partial charge >= 0.3 is 11.7 Å². The van der Waals surface area contributed by atoms with E-state index in [0.717, 1.165) is 5.56 Å². The molecule has 0 radical (unpaired) electrons. The maximum Gasteiger partial charge on any atom is 0.325 e. The van der Waals surface area contributed by atoms with Gasteiger partial charge < -0.3 is 15.2 Å². The zero-order chi connectivity index (χ0) is 16.0. The molecule has 7 nitrogen and oxygen atoms in total. The van der Waals surface area contributed by atoms with Crippen LogP contribution in [0.5, 0.6) is 5.75 Å². The number of ether oxygens (including phenoxy) is 2. The summed E-state index contributed by atoms with van der Waals surface area (Å²) >= 11 is 0. The number of carbonyl (C=O) groups excluding carboxylic acids is 1. The molecule has 0 heterocycles. The number of nitrogens with zero attached hydrogens (tertiary/aromatic N) is 1. The van der Waals surface area contributed by atoms with Crippen LogP contribution in [0.15, 0.2) is 18.2 Å². The molecule has 0 spiro atoms. The molecule has 0 saturated carbocycles. The standard InChI is InChI=1S/C14H20N2O5/c1-10-5-6-11(16(18)19)12(9-10)21-8-4-7-14(2,15)13(17)20-3/h5-6,9H,4,7-8,15H2,1-3H3. The lowest BCUT2D eigenvalue weighted by atomic mass is 9.98. The minimum atomic E-state index is -1.09. The molecule has 1 aromatic carbocycles. The van der Waals surface area contributed by atoms with E-state index in [1.807, 2.05) is 6.92 Å². The zero-order valence-corrected chi connectivity index (χ0v) is 12.4. The zero-order valence-electron chi connectivity index (χ0n) is 12.4. The van der Waals surface area contributed by atoms with Crippen molar-refractivity contribution in [2.45, 2.75) is 32.2 Å². The summed E-state index contributed by atoms with van der Waals surface area (Å²) in [4.78, 5) is 21.8. The van der Waals surface area contributed by atoms with Gasteiger partial charge in [-0.3, -0.25) is 14.9 Å². The number of benzene rings is 1. The molecule has 7 heteroatoms. The second-order valence-electron chi connectivity index (χ2n) is 5.09. The molecule has 0 bridgehead atoms. The molecule has 116 valence electrons. The average molecular weight is 296 g/mol. The van der Waals surface area contributed by atoms with Crippen LogP contribution in [0.2, 0.25) is 0 Å². The number of nitrogens with two attached hydrogens (primary N) is 1. The summed E-state index contributed by atoms with van der Waals surface area (Å²) in [5.41, 5.74) is 5.52. The fourth-order valence-electron chi connectivity index (χ4n) is 1.84. The van der Waals surface area contributed by atoms with Gasteiger partial charge in [-0.15, -0.1) is 0 Å². The number of esters is 1. The molecule has 0 aliphatic carbocycles. The number of hydrogen-bond acceptors (Lipinski definition) is 6. The lowest BCUT2D eigenvalue weighted by molar-refractivity contribution is -0.385. The van der Waals surface area contributed by atoms with Gasteiger partial charge in [0.1, 0.15) is 5.54 Å². The predicted molar refractivity (Wildman–Crippen MR) is 77.2 cm³/mol. The van der Waals surface area contributed by atoms with Crippen LogP contribution in [0.1, 0.15) is 25.3 Å². The molecular formula is C14H20N2O5. The smallest absolute Gasteiger partial charge is 0.325 e. The van der Waals surface area contributed by atoms with Gasteiger partial charge in [-0.05, 0) is 38.3 Å². The van der Waals surface area contributed by atoms with E-state index in [0.29, 0.717) is 12.8 Å². The first kappa shape index (κ1) is 16.9.